The summed E-state index contributed by atoms with van der Waals surface area (Å²) in [4.78, 5) is 32.3. The fourth-order valence-electron chi connectivity index (χ4n) is 3.08. The minimum Gasteiger partial charge on any atom is -0.351 e. The molecular weight excluding hydrogens is 413 g/mol. The molecule has 9 nitrogen and oxygen atoms in total. The van der Waals surface area contributed by atoms with Gasteiger partial charge in [-0.3, -0.25) is 14.9 Å². The Morgan fingerprint density at radius 2 is 2.10 bits per heavy atom. The van der Waals surface area contributed by atoms with Gasteiger partial charge in [-0.25, -0.2) is 4.39 Å². The highest BCUT2D eigenvalue weighted by Gasteiger charge is 2.26. The third-order valence-electron chi connectivity index (χ3n) is 4.71. The van der Waals surface area contributed by atoms with E-state index in [0.717, 1.165) is 12.8 Å². The van der Waals surface area contributed by atoms with Crippen LogP contribution in [-0.4, -0.2) is 37.4 Å². The molecule has 1 aromatic carbocycles. The fourth-order valence-corrected chi connectivity index (χ4v) is 3.24. The van der Waals surface area contributed by atoms with Crippen LogP contribution in [0.15, 0.2) is 30.0 Å². The maximum Gasteiger partial charge on any atom is 0.254 e. The lowest BCUT2D eigenvalue weighted by molar-refractivity contribution is -0.124. The molecule has 0 atom stereocenters. The Bertz CT molecular complexity index is 1240. The smallest absolute Gasteiger partial charge is 0.254 e. The Kier molecular flexibility index (Phi) is 4.35. The van der Waals surface area contributed by atoms with Crippen molar-refractivity contribution < 1.29 is 14.0 Å². The predicted octanol–water partition coefficient (Wildman–Crippen LogP) is 2.66. The number of aromatic nitrogens is 4. The van der Waals surface area contributed by atoms with Crippen LogP contribution in [-0.2, 0) is 9.59 Å². The first kappa shape index (κ1) is 18.5. The summed E-state index contributed by atoms with van der Waals surface area (Å²) >= 11 is 6.15. The first-order chi connectivity index (χ1) is 14.5. The zero-order valence-corrected chi connectivity index (χ0v) is 16.2. The van der Waals surface area contributed by atoms with Crippen molar-refractivity contribution in [3.8, 4) is 0 Å². The number of rotatable bonds is 5. The van der Waals surface area contributed by atoms with Gasteiger partial charge in [0, 0.05) is 17.2 Å². The maximum atomic E-state index is 13.6. The molecule has 0 unspecified atom stereocenters. The largest absolute Gasteiger partial charge is 0.351 e. The van der Waals surface area contributed by atoms with E-state index in [1.807, 2.05) is 0 Å². The number of nitrogens with zero attached hydrogens (tertiary/aromatic N) is 4. The van der Waals surface area contributed by atoms with E-state index in [0.29, 0.717) is 33.4 Å². The summed E-state index contributed by atoms with van der Waals surface area (Å²) in [5.41, 5.74) is 1.61. The molecule has 152 valence electrons. The number of anilines is 3. The zero-order chi connectivity index (χ0) is 20.8. The number of carbonyl (C=O) groups is 2. The Labute approximate surface area is 174 Å². The highest BCUT2D eigenvalue weighted by Crippen LogP contribution is 2.29. The molecule has 2 fully saturated rings. The normalized spacial score (nSPS) is 17.6. The van der Waals surface area contributed by atoms with Gasteiger partial charge in [-0.2, -0.15) is 19.6 Å². The van der Waals surface area contributed by atoms with Crippen LogP contribution in [0.3, 0.4) is 0 Å². The van der Waals surface area contributed by atoms with Gasteiger partial charge in [0.25, 0.3) is 5.91 Å². The van der Waals surface area contributed by atoms with Gasteiger partial charge in [-0.05, 0) is 37.1 Å². The lowest BCUT2D eigenvalue weighted by Crippen LogP contribution is -2.19. The van der Waals surface area contributed by atoms with Crippen molar-refractivity contribution in [2.24, 2.45) is 0 Å². The fraction of sp³-hybridized carbons (Fsp3) is 0.211. The number of amides is 2. The molecule has 2 aromatic heterocycles. The van der Waals surface area contributed by atoms with E-state index >= 15 is 0 Å². The molecule has 0 bridgehead atoms. The molecule has 11 heteroatoms. The molecule has 1 saturated heterocycles. The van der Waals surface area contributed by atoms with Crippen LogP contribution in [0.25, 0.3) is 11.7 Å². The summed E-state index contributed by atoms with van der Waals surface area (Å²) in [5, 5.41) is 13.1. The molecule has 0 spiro atoms. The summed E-state index contributed by atoms with van der Waals surface area (Å²) in [6.07, 6.45) is 5.16. The average molecular weight is 428 g/mol. The lowest BCUT2D eigenvalue weighted by Gasteiger charge is -2.11. The van der Waals surface area contributed by atoms with E-state index in [1.54, 1.807) is 12.3 Å². The number of benzene rings is 1. The van der Waals surface area contributed by atoms with E-state index in [-0.39, 0.29) is 24.3 Å². The van der Waals surface area contributed by atoms with Crippen LogP contribution in [0.4, 0.5) is 22.0 Å². The number of hydrogen-bond acceptors (Lipinski definition) is 7. The highest BCUT2D eigenvalue weighted by atomic mass is 35.5. The van der Waals surface area contributed by atoms with Gasteiger partial charge in [0.15, 0.2) is 5.65 Å². The van der Waals surface area contributed by atoms with E-state index in [2.05, 4.69) is 31.0 Å². The third kappa shape index (κ3) is 3.57. The SMILES string of the molecule is O=C1C/C(=C\c2cnn3c(NC4CC4)nc(Nc4cc(F)ccc4Cl)nc23)C(=O)N1. The Morgan fingerprint density at radius 1 is 1.27 bits per heavy atom. The standard InChI is InChI=1S/C19H15ClFN7O2/c20-13-4-1-11(21)7-14(13)24-18-26-16-10(5-9-6-15(29)25-17(9)30)8-22-28(16)19(27-18)23-12-2-3-12/h1,4-5,7-8,12H,2-3,6H2,(H,25,29,30)(H2,23,24,26,27)/b9-5+. The molecule has 1 saturated carbocycles. The van der Waals surface area contributed by atoms with E-state index < -0.39 is 11.7 Å². The molecule has 0 radical (unpaired) electrons. The van der Waals surface area contributed by atoms with Crippen LogP contribution in [0.5, 0.6) is 0 Å². The van der Waals surface area contributed by atoms with Crippen molar-refractivity contribution in [2.75, 3.05) is 10.6 Å². The van der Waals surface area contributed by atoms with Gasteiger partial charge in [-0.15, -0.1) is 0 Å². The zero-order valence-electron chi connectivity index (χ0n) is 15.4. The minimum atomic E-state index is -0.453. The van der Waals surface area contributed by atoms with E-state index in [4.69, 9.17) is 11.6 Å². The number of imide groups is 1. The number of carbonyl (C=O) groups excluding carboxylic acids is 2. The average Bonchev–Trinajstić information content (AvgIpc) is 3.34. The summed E-state index contributed by atoms with van der Waals surface area (Å²) in [5.74, 6) is -0.600. The topological polar surface area (TPSA) is 113 Å². The monoisotopic (exact) mass is 427 g/mol. The molecule has 3 heterocycles. The maximum absolute atomic E-state index is 13.6. The molecule has 2 aliphatic rings. The van der Waals surface area contributed by atoms with Crippen molar-refractivity contribution in [2.45, 2.75) is 25.3 Å². The van der Waals surface area contributed by atoms with E-state index in [9.17, 15) is 14.0 Å². The number of fused-ring (bicyclic) bond motifs is 1. The molecular formula is C19H15ClFN7O2. The van der Waals surface area contributed by atoms with E-state index in [1.165, 1.54) is 22.7 Å². The number of halogens is 2. The van der Waals surface area contributed by atoms with Gasteiger partial charge in [0.05, 0.1) is 23.3 Å². The second kappa shape index (κ2) is 7.06. The van der Waals surface area contributed by atoms with Crippen molar-refractivity contribution in [1.82, 2.24) is 24.9 Å². The third-order valence-corrected chi connectivity index (χ3v) is 5.04. The van der Waals surface area contributed by atoms with Crippen LogP contribution >= 0.6 is 11.6 Å². The summed E-state index contributed by atoms with van der Waals surface area (Å²) < 4.78 is 15.2. The van der Waals surface area contributed by atoms with Crippen molar-refractivity contribution in [3.05, 3.63) is 46.4 Å². The van der Waals surface area contributed by atoms with Crippen LogP contribution in [0, 0.1) is 5.82 Å². The van der Waals surface area contributed by atoms with Gasteiger partial charge < -0.3 is 10.6 Å². The number of hydrogen-bond donors (Lipinski definition) is 3. The van der Waals surface area contributed by atoms with Crippen LogP contribution < -0.4 is 16.0 Å². The summed E-state index contributed by atoms with van der Waals surface area (Å²) in [6, 6.07) is 4.23. The first-order valence-electron chi connectivity index (χ1n) is 9.25. The Morgan fingerprint density at radius 3 is 2.83 bits per heavy atom. The molecule has 1 aliphatic carbocycles. The lowest BCUT2D eigenvalue weighted by atomic mass is 10.1. The minimum absolute atomic E-state index is 0.00154. The quantitative estimate of drug-likeness (QED) is 0.423. The highest BCUT2D eigenvalue weighted by molar-refractivity contribution is 6.33. The molecule has 1 aliphatic heterocycles. The molecule has 30 heavy (non-hydrogen) atoms. The summed E-state index contributed by atoms with van der Waals surface area (Å²) in [6.45, 7) is 0. The second-order valence-corrected chi connectivity index (χ2v) is 7.50. The van der Waals surface area contributed by atoms with Crippen molar-refractivity contribution in [3.63, 3.8) is 0 Å². The van der Waals surface area contributed by atoms with Gasteiger partial charge in [0.1, 0.15) is 5.82 Å². The number of nitrogens with one attached hydrogen (secondary N) is 3. The predicted molar refractivity (Wildman–Crippen MR) is 108 cm³/mol. The van der Waals surface area contributed by atoms with Crippen LogP contribution in [0.2, 0.25) is 5.02 Å². The Hall–Kier alpha value is -3.53. The van der Waals surface area contributed by atoms with Gasteiger partial charge in [-0.1, -0.05) is 11.6 Å². The summed E-state index contributed by atoms with van der Waals surface area (Å²) in [7, 11) is 0. The van der Waals surface area contributed by atoms with Crippen molar-refractivity contribution in [1.29, 1.82) is 0 Å². The molecule has 2 amide bonds. The van der Waals surface area contributed by atoms with Crippen LogP contribution in [0.1, 0.15) is 24.8 Å². The first-order valence-corrected chi connectivity index (χ1v) is 9.63. The van der Waals surface area contributed by atoms with Gasteiger partial charge >= 0.3 is 0 Å². The second-order valence-electron chi connectivity index (χ2n) is 7.10. The Balaban J connectivity index is 1.59. The molecule has 3 N–H and O–H groups in total. The van der Waals surface area contributed by atoms with Gasteiger partial charge in [0.2, 0.25) is 17.8 Å². The molecule has 5 rings (SSSR count). The molecule has 3 aromatic rings. The van der Waals surface area contributed by atoms with Crippen molar-refractivity contribution >= 4 is 52.7 Å².